The highest BCUT2D eigenvalue weighted by Gasteiger charge is 2.21. The molecule has 1 aromatic carbocycles. The minimum absolute atomic E-state index is 0.0990. The van der Waals surface area contributed by atoms with Crippen LogP contribution in [0, 0.1) is 17.7 Å². The number of nitrogens with zero attached hydrogens (tertiary/aromatic N) is 1. The van der Waals surface area contributed by atoms with Crippen molar-refractivity contribution in [2.45, 2.75) is 11.3 Å². The zero-order chi connectivity index (χ0) is 15.9. The number of likely N-dealkylation sites (N-methyl/N-ethyl adjacent to an activating group) is 1. The molecule has 0 aliphatic rings. The zero-order valence-electron chi connectivity index (χ0n) is 12.0. The summed E-state index contributed by atoms with van der Waals surface area (Å²) in [4.78, 5) is -0.133. The van der Waals surface area contributed by atoms with Crippen LogP contribution in [0.3, 0.4) is 0 Å². The fourth-order valence-corrected chi connectivity index (χ4v) is 2.66. The summed E-state index contributed by atoms with van der Waals surface area (Å²) in [6, 6.07) is 3.57. The molecule has 0 radical (unpaired) electrons. The van der Waals surface area contributed by atoms with Crippen LogP contribution in [0.5, 0.6) is 0 Å². The van der Waals surface area contributed by atoms with Crippen LogP contribution in [0.15, 0.2) is 23.1 Å². The van der Waals surface area contributed by atoms with Crippen molar-refractivity contribution in [3.8, 4) is 11.8 Å². The van der Waals surface area contributed by atoms with Crippen LogP contribution in [-0.2, 0) is 14.8 Å². The molecular weight excluding hydrogens is 297 g/mol. The molecule has 0 aliphatic heterocycles. The Morgan fingerprint density at radius 1 is 1.43 bits per heavy atom. The van der Waals surface area contributed by atoms with E-state index in [-0.39, 0.29) is 36.6 Å². The van der Waals surface area contributed by atoms with Crippen molar-refractivity contribution in [1.82, 2.24) is 4.31 Å². The molecule has 0 aromatic heterocycles. The number of ether oxygens (including phenoxy) is 1. The Morgan fingerprint density at radius 3 is 2.71 bits per heavy atom. The van der Waals surface area contributed by atoms with Crippen molar-refractivity contribution in [3.63, 3.8) is 0 Å². The molecule has 1 aromatic rings. The average molecular weight is 315 g/mol. The first-order valence-electron chi connectivity index (χ1n) is 6.28. The third-order valence-corrected chi connectivity index (χ3v) is 4.57. The minimum Gasteiger partial charge on any atom is -0.395 e. The summed E-state index contributed by atoms with van der Waals surface area (Å²) in [6.45, 7) is 0.326. The minimum atomic E-state index is -3.75. The largest absolute Gasteiger partial charge is 0.395 e. The van der Waals surface area contributed by atoms with E-state index >= 15 is 0 Å². The van der Waals surface area contributed by atoms with Gasteiger partial charge in [0.1, 0.15) is 5.82 Å². The third kappa shape index (κ3) is 4.79. The molecular formula is C14H18FNO4S. The number of aliphatic hydroxyl groups is 1. The van der Waals surface area contributed by atoms with Gasteiger partial charge >= 0.3 is 0 Å². The van der Waals surface area contributed by atoms with E-state index in [1.54, 1.807) is 0 Å². The third-order valence-electron chi connectivity index (χ3n) is 2.72. The van der Waals surface area contributed by atoms with Crippen LogP contribution in [0.4, 0.5) is 4.39 Å². The van der Waals surface area contributed by atoms with Gasteiger partial charge in [0.25, 0.3) is 0 Å². The lowest BCUT2D eigenvalue weighted by Crippen LogP contribution is -2.30. The lowest BCUT2D eigenvalue weighted by atomic mass is 10.2. The van der Waals surface area contributed by atoms with Gasteiger partial charge in [-0.05, 0) is 18.2 Å². The van der Waals surface area contributed by atoms with Gasteiger partial charge in [-0.2, -0.15) is 4.31 Å². The van der Waals surface area contributed by atoms with Gasteiger partial charge in [0, 0.05) is 27.1 Å². The summed E-state index contributed by atoms with van der Waals surface area (Å²) in [7, 11) is -0.874. The molecule has 0 fully saturated rings. The van der Waals surface area contributed by atoms with Gasteiger partial charge in [0.05, 0.1) is 23.7 Å². The number of sulfonamides is 1. The molecule has 21 heavy (non-hydrogen) atoms. The number of hydrogen-bond donors (Lipinski definition) is 1. The summed E-state index contributed by atoms with van der Waals surface area (Å²) in [5.41, 5.74) is 0.0990. The molecule has 7 heteroatoms. The first kappa shape index (κ1) is 17.6. The monoisotopic (exact) mass is 315 g/mol. The number of rotatable bonds is 6. The van der Waals surface area contributed by atoms with Crippen LogP contribution < -0.4 is 0 Å². The molecule has 0 aliphatic carbocycles. The average Bonchev–Trinajstić information content (AvgIpc) is 2.46. The van der Waals surface area contributed by atoms with Crippen molar-refractivity contribution in [2.24, 2.45) is 0 Å². The summed E-state index contributed by atoms with van der Waals surface area (Å²) < 4.78 is 44.2. The Labute approximate surface area is 124 Å². The van der Waals surface area contributed by atoms with Crippen LogP contribution in [-0.4, -0.2) is 51.7 Å². The fourth-order valence-electron chi connectivity index (χ4n) is 1.49. The Kier molecular flexibility index (Phi) is 6.78. The van der Waals surface area contributed by atoms with Gasteiger partial charge in [-0.1, -0.05) is 11.8 Å². The highest BCUT2D eigenvalue weighted by molar-refractivity contribution is 7.89. The molecule has 0 saturated heterocycles. The number of methoxy groups -OCH3 is 1. The van der Waals surface area contributed by atoms with E-state index in [0.29, 0.717) is 0 Å². The fraction of sp³-hybridized carbons (Fsp3) is 0.429. The van der Waals surface area contributed by atoms with Gasteiger partial charge in [0.15, 0.2) is 0 Å². The lowest BCUT2D eigenvalue weighted by molar-refractivity contribution is 0.185. The molecule has 5 nitrogen and oxygen atoms in total. The van der Waals surface area contributed by atoms with E-state index in [9.17, 15) is 12.8 Å². The van der Waals surface area contributed by atoms with E-state index in [1.165, 1.54) is 26.3 Å². The second-order valence-corrected chi connectivity index (χ2v) is 6.28. The van der Waals surface area contributed by atoms with Gasteiger partial charge in [-0.25, -0.2) is 12.8 Å². The topological polar surface area (TPSA) is 66.8 Å². The smallest absolute Gasteiger partial charge is 0.242 e. The van der Waals surface area contributed by atoms with Crippen LogP contribution >= 0.6 is 0 Å². The molecule has 0 atom stereocenters. The predicted octanol–water partition coefficient (Wildman–Crippen LogP) is 0.827. The summed E-state index contributed by atoms with van der Waals surface area (Å²) in [5.74, 6) is 4.42. The molecule has 0 spiro atoms. The second kappa shape index (κ2) is 8.10. The summed E-state index contributed by atoms with van der Waals surface area (Å²) in [6.07, 6.45) is 0.235. The standard InChI is InChI=1S/C14H18FNO4S/c1-16(8-10-20-2)21(18,19)13-7-6-12(14(15)11-13)5-3-4-9-17/h6-7,11,17H,4,8-10H2,1-2H3. The summed E-state index contributed by atoms with van der Waals surface area (Å²) >= 11 is 0. The normalized spacial score (nSPS) is 11.3. The van der Waals surface area contributed by atoms with E-state index in [0.717, 1.165) is 10.4 Å². The quantitative estimate of drug-likeness (QED) is 0.790. The van der Waals surface area contributed by atoms with Gasteiger partial charge in [0.2, 0.25) is 10.0 Å². The Hall–Kier alpha value is -1.46. The van der Waals surface area contributed by atoms with Gasteiger partial charge in [-0.3, -0.25) is 0 Å². The number of benzene rings is 1. The molecule has 0 amide bonds. The van der Waals surface area contributed by atoms with Crippen LogP contribution in [0.2, 0.25) is 0 Å². The number of aliphatic hydroxyl groups excluding tert-OH is 1. The first-order valence-corrected chi connectivity index (χ1v) is 7.72. The Morgan fingerprint density at radius 2 is 2.14 bits per heavy atom. The molecule has 0 unspecified atom stereocenters. The van der Waals surface area contributed by atoms with Crippen molar-refractivity contribution >= 4 is 10.0 Å². The maximum Gasteiger partial charge on any atom is 0.242 e. The highest BCUT2D eigenvalue weighted by Crippen LogP contribution is 2.17. The van der Waals surface area contributed by atoms with Crippen molar-refractivity contribution in [2.75, 3.05) is 33.9 Å². The molecule has 1 N–H and O–H groups in total. The molecule has 0 bridgehead atoms. The lowest BCUT2D eigenvalue weighted by Gasteiger charge is -2.16. The van der Waals surface area contributed by atoms with Crippen molar-refractivity contribution in [3.05, 3.63) is 29.6 Å². The Balaban J connectivity index is 3.00. The van der Waals surface area contributed by atoms with Gasteiger partial charge in [-0.15, -0.1) is 0 Å². The predicted molar refractivity (Wildman–Crippen MR) is 76.7 cm³/mol. The van der Waals surface area contributed by atoms with Crippen LogP contribution in [0.1, 0.15) is 12.0 Å². The van der Waals surface area contributed by atoms with E-state index in [4.69, 9.17) is 9.84 Å². The number of hydrogen-bond acceptors (Lipinski definition) is 4. The van der Waals surface area contributed by atoms with Crippen molar-refractivity contribution in [1.29, 1.82) is 0 Å². The first-order chi connectivity index (χ1) is 9.93. The SMILES string of the molecule is COCCN(C)S(=O)(=O)c1ccc(C#CCCO)c(F)c1. The maximum absolute atomic E-state index is 13.9. The number of halogens is 1. The maximum atomic E-state index is 13.9. The van der Waals surface area contributed by atoms with Crippen LogP contribution in [0.25, 0.3) is 0 Å². The van der Waals surface area contributed by atoms with E-state index in [2.05, 4.69) is 11.8 Å². The van der Waals surface area contributed by atoms with E-state index < -0.39 is 15.8 Å². The van der Waals surface area contributed by atoms with E-state index in [1.807, 2.05) is 0 Å². The summed E-state index contributed by atoms with van der Waals surface area (Å²) in [5, 5.41) is 8.60. The zero-order valence-corrected chi connectivity index (χ0v) is 12.8. The Bertz CT molecular complexity index is 634. The van der Waals surface area contributed by atoms with Gasteiger partial charge < -0.3 is 9.84 Å². The molecule has 116 valence electrons. The molecule has 0 saturated carbocycles. The van der Waals surface area contributed by atoms with Crippen molar-refractivity contribution < 1.29 is 22.7 Å². The molecule has 0 heterocycles. The molecule has 1 rings (SSSR count). The highest BCUT2D eigenvalue weighted by atomic mass is 32.2. The second-order valence-electron chi connectivity index (χ2n) is 4.24.